The van der Waals surface area contributed by atoms with Gasteiger partial charge in [0.1, 0.15) is 0 Å². The number of rotatable bonds is 5. The van der Waals surface area contributed by atoms with E-state index in [9.17, 15) is 4.79 Å². The zero-order chi connectivity index (χ0) is 15.2. The molecule has 124 valence electrons. The Morgan fingerprint density at radius 3 is 2.59 bits per heavy atom. The Kier molecular flexibility index (Phi) is 7.87. The third-order valence-corrected chi connectivity index (χ3v) is 4.45. The van der Waals surface area contributed by atoms with Crippen molar-refractivity contribution in [3.8, 4) is 0 Å². The van der Waals surface area contributed by atoms with E-state index in [4.69, 9.17) is 0 Å². The van der Waals surface area contributed by atoms with Crippen LogP contribution in [0.2, 0.25) is 0 Å². The van der Waals surface area contributed by atoms with Crippen molar-refractivity contribution in [3.63, 3.8) is 0 Å². The van der Waals surface area contributed by atoms with Crippen molar-refractivity contribution in [1.82, 2.24) is 15.5 Å². The van der Waals surface area contributed by atoms with E-state index in [1.165, 1.54) is 6.42 Å². The molecule has 0 radical (unpaired) electrons. The fourth-order valence-corrected chi connectivity index (χ4v) is 2.92. The molecule has 5 heteroatoms. The van der Waals surface area contributed by atoms with Crippen LogP contribution in [0.25, 0.3) is 0 Å². The van der Waals surface area contributed by atoms with Crippen LogP contribution in [-0.2, 0) is 4.79 Å². The molecule has 1 fully saturated rings. The van der Waals surface area contributed by atoms with Gasteiger partial charge in [0, 0.05) is 12.6 Å². The van der Waals surface area contributed by atoms with Crippen LogP contribution < -0.4 is 10.6 Å². The fraction of sp³-hybridized carbons (Fsp3) is 0.588. The number of nitrogens with zero attached hydrogens (tertiary/aromatic N) is 1. The van der Waals surface area contributed by atoms with Crippen molar-refractivity contribution >= 4 is 18.3 Å². The standard InChI is InChI=1S/C17H27N3O.ClH/c1-13(15-8-5-4-6-9-15)19-17(21)14(2)20-11-7-10-16(12-20)18-3;/h4-6,8-9,13-14,16,18H,7,10-12H2,1-3H3,(H,19,21);1H. The molecule has 1 heterocycles. The number of halogens is 1. The number of likely N-dealkylation sites (tertiary alicyclic amines) is 1. The van der Waals surface area contributed by atoms with Crippen molar-refractivity contribution in [2.24, 2.45) is 0 Å². The maximum Gasteiger partial charge on any atom is 0.237 e. The molecule has 0 spiro atoms. The number of benzene rings is 1. The summed E-state index contributed by atoms with van der Waals surface area (Å²) in [6.07, 6.45) is 2.35. The molecule has 3 unspecified atom stereocenters. The van der Waals surface area contributed by atoms with Gasteiger partial charge in [0.05, 0.1) is 12.1 Å². The summed E-state index contributed by atoms with van der Waals surface area (Å²) in [4.78, 5) is 14.7. The molecule has 0 aromatic heterocycles. The minimum Gasteiger partial charge on any atom is -0.348 e. The van der Waals surface area contributed by atoms with E-state index in [0.29, 0.717) is 6.04 Å². The number of hydrogen-bond donors (Lipinski definition) is 2. The monoisotopic (exact) mass is 325 g/mol. The average Bonchev–Trinajstić information content (AvgIpc) is 2.54. The van der Waals surface area contributed by atoms with Crippen LogP contribution in [-0.4, -0.2) is 43.0 Å². The van der Waals surface area contributed by atoms with Crippen LogP contribution in [0.1, 0.15) is 38.3 Å². The highest BCUT2D eigenvalue weighted by Gasteiger charge is 2.27. The van der Waals surface area contributed by atoms with Crippen molar-refractivity contribution in [2.75, 3.05) is 20.1 Å². The number of nitrogens with one attached hydrogen (secondary N) is 2. The number of carbonyl (C=O) groups excluding carboxylic acids is 1. The molecular weight excluding hydrogens is 298 g/mol. The van der Waals surface area contributed by atoms with Crippen LogP contribution in [0.3, 0.4) is 0 Å². The van der Waals surface area contributed by atoms with Crippen LogP contribution in [0, 0.1) is 0 Å². The van der Waals surface area contributed by atoms with Crippen molar-refractivity contribution in [3.05, 3.63) is 35.9 Å². The Morgan fingerprint density at radius 2 is 1.95 bits per heavy atom. The first-order valence-electron chi connectivity index (χ1n) is 7.88. The highest BCUT2D eigenvalue weighted by Crippen LogP contribution is 2.15. The molecule has 1 aliphatic rings. The molecule has 2 N–H and O–H groups in total. The third-order valence-electron chi connectivity index (χ3n) is 4.45. The Labute approximate surface area is 140 Å². The van der Waals surface area contributed by atoms with Gasteiger partial charge in [-0.2, -0.15) is 0 Å². The molecule has 1 aromatic rings. The molecule has 0 aliphatic carbocycles. The number of piperidine rings is 1. The zero-order valence-electron chi connectivity index (χ0n) is 13.7. The van der Waals surface area contributed by atoms with Gasteiger partial charge in [-0.25, -0.2) is 0 Å². The smallest absolute Gasteiger partial charge is 0.237 e. The largest absolute Gasteiger partial charge is 0.348 e. The van der Waals surface area contributed by atoms with E-state index in [2.05, 4.69) is 15.5 Å². The minimum atomic E-state index is -0.0766. The van der Waals surface area contributed by atoms with Gasteiger partial charge >= 0.3 is 0 Å². The van der Waals surface area contributed by atoms with E-state index in [-0.39, 0.29) is 30.4 Å². The lowest BCUT2D eigenvalue weighted by atomic mass is 10.0. The summed E-state index contributed by atoms with van der Waals surface area (Å²) in [7, 11) is 2.00. The molecule has 0 bridgehead atoms. The van der Waals surface area contributed by atoms with Gasteiger partial charge in [-0.3, -0.25) is 9.69 Å². The van der Waals surface area contributed by atoms with Crippen molar-refractivity contribution in [1.29, 1.82) is 0 Å². The van der Waals surface area contributed by atoms with Crippen LogP contribution in [0.4, 0.5) is 0 Å². The van der Waals surface area contributed by atoms with E-state index >= 15 is 0 Å². The maximum atomic E-state index is 12.4. The minimum absolute atomic E-state index is 0. The van der Waals surface area contributed by atoms with Gasteiger partial charge in [0.25, 0.3) is 0 Å². The summed E-state index contributed by atoms with van der Waals surface area (Å²) in [5.41, 5.74) is 1.14. The van der Waals surface area contributed by atoms with Crippen LogP contribution in [0.15, 0.2) is 30.3 Å². The number of carbonyl (C=O) groups is 1. The number of amides is 1. The first kappa shape index (κ1) is 18.9. The van der Waals surface area contributed by atoms with Gasteiger partial charge < -0.3 is 10.6 Å². The second-order valence-electron chi connectivity index (χ2n) is 5.94. The Hall–Kier alpha value is -1.10. The Bertz CT molecular complexity index is 454. The molecule has 1 aromatic carbocycles. The van der Waals surface area contributed by atoms with Crippen LogP contribution >= 0.6 is 12.4 Å². The highest BCUT2D eigenvalue weighted by molar-refractivity contribution is 5.85. The fourth-order valence-electron chi connectivity index (χ4n) is 2.92. The first-order chi connectivity index (χ1) is 10.1. The van der Waals surface area contributed by atoms with Crippen LogP contribution in [0.5, 0.6) is 0 Å². The highest BCUT2D eigenvalue weighted by atomic mass is 35.5. The SMILES string of the molecule is CNC1CCCN(C(C)C(=O)NC(C)c2ccccc2)C1.Cl. The van der Waals surface area contributed by atoms with E-state index in [1.807, 2.05) is 51.2 Å². The summed E-state index contributed by atoms with van der Waals surface area (Å²) in [6, 6.07) is 10.6. The predicted octanol–water partition coefficient (Wildman–Crippen LogP) is 2.36. The lowest BCUT2D eigenvalue weighted by Gasteiger charge is -2.36. The summed E-state index contributed by atoms with van der Waals surface area (Å²) in [5.74, 6) is 0.114. The molecule has 22 heavy (non-hydrogen) atoms. The topological polar surface area (TPSA) is 44.4 Å². The first-order valence-corrected chi connectivity index (χ1v) is 7.88. The molecule has 4 nitrogen and oxygen atoms in total. The molecule has 1 amide bonds. The number of likely N-dealkylation sites (N-methyl/N-ethyl adjacent to an activating group) is 1. The zero-order valence-corrected chi connectivity index (χ0v) is 14.5. The normalized spacial score (nSPS) is 21.5. The lowest BCUT2D eigenvalue weighted by molar-refractivity contribution is -0.127. The molecule has 1 saturated heterocycles. The molecule has 1 aliphatic heterocycles. The van der Waals surface area contributed by atoms with Gasteiger partial charge in [-0.05, 0) is 45.8 Å². The van der Waals surface area contributed by atoms with Crippen molar-refractivity contribution in [2.45, 2.75) is 44.8 Å². The molecule has 3 atom stereocenters. The van der Waals surface area contributed by atoms with Gasteiger partial charge in [-0.15, -0.1) is 12.4 Å². The van der Waals surface area contributed by atoms with Gasteiger partial charge in [-0.1, -0.05) is 30.3 Å². The van der Waals surface area contributed by atoms with E-state index in [1.54, 1.807) is 0 Å². The van der Waals surface area contributed by atoms with Crippen molar-refractivity contribution < 1.29 is 4.79 Å². The van der Waals surface area contributed by atoms with E-state index < -0.39 is 0 Å². The summed E-state index contributed by atoms with van der Waals surface area (Å²) in [5, 5.41) is 6.45. The quantitative estimate of drug-likeness (QED) is 0.873. The number of hydrogen-bond acceptors (Lipinski definition) is 3. The Balaban J connectivity index is 0.00000242. The maximum absolute atomic E-state index is 12.4. The second kappa shape index (κ2) is 9.13. The third kappa shape index (κ3) is 4.97. The molecular formula is C17H28ClN3O. The average molecular weight is 326 g/mol. The Morgan fingerprint density at radius 1 is 1.27 bits per heavy atom. The van der Waals surface area contributed by atoms with Gasteiger partial charge in [0.15, 0.2) is 0 Å². The summed E-state index contributed by atoms with van der Waals surface area (Å²) >= 11 is 0. The molecule has 0 saturated carbocycles. The lowest BCUT2D eigenvalue weighted by Crippen LogP contribution is -2.52. The summed E-state index contributed by atoms with van der Waals surface area (Å²) < 4.78 is 0. The van der Waals surface area contributed by atoms with Gasteiger partial charge in [0.2, 0.25) is 5.91 Å². The van der Waals surface area contributed by atoms with E-state index in [0.717, 1.165) is 25.1 Å². The predicted molar refractivity (Wildman–Crippen MR) is 93.4 cm³/mol. The second-order valence-corrected chi connectivity index (χ2v) is 5.94. The molecule has 2 rings (SSSR count). The summed E-state index contributed by atoms with van der Waals surface area (Å²) in [6.45, 7) is 5.99.